The zero-order valence-corrected chi connectivity index (χ0v) is 11.6. The van der Waals surface area contributed by atoms with Crippen molar-refractivity contribution >= 4 is 5.91 Å². The molecule has 1 amide bonds. The molecule has 0 aliphatic carbocycles. The van der Waals surface area contributed by atoms with E-state index in [0.29, 0.717) is 12.6 Å². The molecule has 0 atom stereocenters. The molecule has 0 N–H and O–H groups in total. The van der Waals surface area contributed by atoms with Gasteiger partial charge < -0.3 is 4.57 Å². The van der Waals surface area contributed by atoms with E-state index in [9.17, 15) is 22.4 Å². The zero-order chi connectivity index (χ0) is 16.3. The number of carbonyl (C=O) groups is 1. The van der Waals surface area contributed by atoms with Crippen LogP contribution in [0, 0.1) is 5.82 Å². The molecule has 2 rings (SSSR count). The summed E-state index contributed by atoms with van der Waals surface area (Å²) >= 11 is 0. The number of carbonyl (C=O) groups excluding carboxylic acids is 1. The van der Waals surface area contributed by atoms with E-state index >= 15 is 0 Å². The Morgan fingerprint density at radius 2 is 1.91 bits per heavy atom. The summed E-state index contributed by atoms with van der Waals surface area (Å²) in [5, 5.41) is 0. The number of benzene rings is 1. The van der Waals surface area contributed by atoms with Gasteiger partial charge >= 0.3 is 6.18 Å². The van der Waals surface area contributed by atoms with Crippen LogP contribution < -0.4 is 5.49 Å². The van der Waals surface area contributed by atoms with E-state index in [0.717, 1.165) is 12.1 Å². The summed E-state index contributed by atoms with van der Waals surface area (Å²) < 4.78 is 53.5. The fourth-order valence-electron chi connectivity index (χ4n) is 1.92. The van der Waals surface area contributed by atoms with Gasteiger partial charge in [-0.15, -0.1) is 0 Å². The fraction of sp³-hybridized carbons (Fsp3) is 0.200. The number of alkyl halides is 3. The summed E-state index contributed by atoms with van der Waals surface area (Å²) in [7, 11) is 0. The first-order valence-corrected chi connectivity index (χ1v) is 6.45. The van der Waals surface area contributed by atoms with Crippen molar-refractivity contribution in [3.05, 3.63) is 65.0 Å². The van der Waals surface area contributed by atoms with Crippen LogP contribution in [0.1, 0.15) is 22.8 Å². The van der Waals surface area contributed by atoms with Crippen LogP contribution >= 0.6 is 0 Å². The molecular formula is C15H12F4N2O. The van der Waals surface area contributed by atoms with Crippen molar-refractivity contribution in [1.82, 2.24) is 4.57 Å². The van der Waals surface area contributed by atoms with Crippen LogP contribution in [-0.4, -0.2) is 10.5 Å². The second-order valence-corrected chi connectivity index (χ2v) is 4.43. The lowest BCUT2D eigenvalue weighted by molar-refractivity contribution is -0.140. The lowest BCUT2D eigenvalue weighted by atomic mass is 10.1. The van der Waals surface area contributed by atoms with Crippen LogP contribution in [0.3, 0.4) is 0 Å². The summed E-state index contributed by atoms with van der Waals surface area (Å²) in [6.45, 7) is 2.33. The molecule has 0 saturated heterocycles. The molecular weight excluding hydrogens is 300 g/mol. The molecule has 0 fully saturated rings. The first-order valence-electron chi connectivity index (χ1n) is 6.45. The minimum Gasteiger partial charge on any atom is -0.333 e. The Balaban J connectivity index is 2.52. The largest absolute Gasteiger partial charge is 0.419 e. The molecule has 0 aliphatic heterocycles. The molecule has 3 nitrogen and oxygen atoms in total. The van der Waals surface area contributed by atoms with Gasteiger partial charge in [0.2, 0.25) is 0 Å². The second-order valence-electron chi connectivity index (χ2n) is 4.43. The highest BCUT2D eigenvalue weighted by molar-refractivity contribution is 5.95. The Bertz CT molecular complexity index is 763. The van der Waals surface area contributed by atoms with Crippen molar-refractivity contribution < 1.29 is 22.4 Å². The summed E-state index contributed by atoms with van der Waals surface area (Å²) in [5.74, 6) is -2.67. The summed E-state index contributed by atoms with van der Waals surface area (Å²) in [6, 6.07) is 7.41. The van der Waals surface area contributed by atoms with Crippen LogP contribution in [-0.2, 0) is 12.7 Å². The maximum Gasteiger partial charge on any atom is 0.419 e. The molecule has 0 bridgehead atoms. The highest BCUT2D eigenvalue weighted by Gasteiger charge is 2.35. The zero-order valence-electron chi connectivity index (χ0n) is 11.6. The lowest BCUT2D eigenvalue weighted by Crippen LogP contribution is -2.21. The minimum absolute atomic E-state index is 0.242. The van der Waals surface area contributed by atoms with Gasteiger partial charge in [0.05, 0.1) is 11.1 Å². The monoisotopic (exact) mass is 312 g/mol. The van der Waals surface area contributed by atoms with Gasteiger partial charge in [0, 0.05) is 12.7 Å². The number of hydrogen-bond donors (Lipinski definition) is 0. The number of halogens is 4. The number of pyridine rings is 1. The number of aromatic nitrogens is 1. The minimum atomic E-state index is -4.86. The van der Waals surface area contributed by atoms with Crippen molar-refractivity contribution in [2.45, 2.75) is 19.6 Å². The average Bonchev–Trinajstić information content (AvgIpc) is 2.46. The Labute approximate surface area is 123 Å². The third kappa shape index (κ3) is 3.24. The van der Waals surface area contributed by atoms with Gasteiger partial charge in [-0.2, -0.15) is 18.2 Å². The normalized spacial score (nSPS) is 12.5. The quantitative estimate of drug-likeness (QED) is 0.783. The maximum atomic E-state index is 13.9. The molecule has 0 aliphatic rings. The van der Waals surface area contributed by atoms with Gasteiger partial charge in [-0.25, -0.2) is 4.39 Å². The standard InChI is InChI=1S/C15H12F4N2O/c1-2-21-9-4-3-8-12(21)20-14(22)10-6-5-7-11(13(10)16)15(17,18)19/h3-9H,2H2,1H3/b20-12+. The number of aryl methyl sites for hydroxylation is 1. The van der Waals surface area contributed by atoms with E-state index in [1.165, 1.54) is 6.07 Å². The molecule has 0 unspecified atom stereocenters. The Morgan fingerprint density at radius 1 is 1.18 bits per heavy atom. The average molecular weight is 312 g/mol. The van der Waals surface area contributed by atoms with Gasteiger partial charge in [-0.3, -0.25) is 4.79 Å². The summed E-state index contributed by atoms with van der Waals surface area (Å²) in [4.78, 5) is 15.7. The first-order chi connectivity index (χ1) is 10.3. The molecule has 22 heavy (non-hydrogen) atoms. The maximum absolute atomic E-state index is 13.9. The molecule has 116 valence electrons. The van der Waals surface area contributed by atoms with Crippen LogP contribution in [0.5, 0.6) is 0 Å². The third-order valence-electron chi connectivity index (χ3n) is 3.01. The molecule has 7 heteroatoms. The number of hydrogen-bond acceptors (Lipinski definition) is 1. The van der Waals surface area contributed by atoms with E-state index in [1.807, 2.05) is 6.92 Å². The van der Waals surface area contributed by atoms with Crippen molar-refractivity contribution in [3.63, 3.8) is 0 Å². The Kier molecular flexibility index (Phi) is 4.44. The molecule has 1 heterocycles. The predicted molar refractivity (Wildman–Crippen MR) is 71.4 cm³/mol. The summed E-state index contributed by atoms with van der Waals surface area (Å²) in [5.41, 5.74) is -1.95. The summed E-state index contributed by atoms with van der Waals surface area (Å²) in [6.07, 6.45) is -3.20. The Morgan fingerprint density at radius 3 is 2.55 bits per heavy atom. The lowest BCUT2D eigenvalue weighted by Gasteiger charge is -2.09. The van der Waals surface area contributed by atoms with Crippen molar-refractivity contribution in [2.75, 3.05) is 0 Å². The van der Waals surface area contributed by atoms with Crippen LogP contribution in [0.15, 0.2) is 47.6 Å². The first kappa shape index (κ1) is 15.9. The molecule has 1 aromatic heterocycles. The van der Waals surface area contributed by atoms with Gasteiger partial charge in [0.1, 0.15) is 11.3 Å². The molecule has 0 spiro atoms. The molecule has 0 radical (unpaired) electrons. The smallest absolute Gasteiger partial charge is 0.333 e. The van der Waals surface area contributed by atoms with Crippen LogP contribution in [0.2, 0.25) is 0 Å². The molecule has 2 aromatic rings. The molecule has 0 saturated carbocycles. The second kappa shape index (κ2) is 6.13. The topological polar surface area (TPSA) is 34.4 Å². The SMILES string of the molecule is CCn1cccc/c1=N\C(=O)c1cccc(C(F)(F)F)c1F. The van der Waals surface area contributed by atoms with E-state index in [2.05, 4.69) is 4.99 Å². The van der Waals surface area contributed by atoms with Gasteiger partial charge in [-0.1, -0.05) is 12.1 Å². The van der Waals surface area contributed by atoms with Gasteiger partial charge in [0.15, 0.2) is 0 Å². The van der Waals surface area contributed by atoms with E-state index in [-0.39, 0.29) is 5.49 Å². The van der Waals surface area contributed by atoms with Crippen molar-refractivity contribution in [1.29, 1.82) is 0 Å². The number of rotatable bonds is 2. The van der Waals surface area contributed by atoms with E-state index in [1.54, 1.807) is 22.9 Å². The van der Waals surface area contributed by atoms with Crippen molar-refractivity contribution in [3.8, 4) is 0 Å². The highest BCUT2D eigenvalue weighted by atomic mass is 19.4. The fourth-order valence-corrected chi connectivity index (χ4v) is 1.92. The van der Waals surface area contributed by atoms with Crippen LogP contribution in [0.4, 0.5) is 17.6 Å². The third-order valence-corrected chi connectivity index (χ3v) is 3.01. The highest BCUT2D eigenvalue weighted by Crippen LogP contribution is 2.32. The number of nitrogens with zero attached hydrogens (tertiary/aromatic N) is 2. The predicted octanol–water partition coefficient (Wildman–Crippen LogP) is 3.41. The van der Waals surface area contributed by atoms with Crippen molar-refractivity contribution in [2.24, 2.45) is 4.99 Å². The molecule has 1 aromatic carbocycles. The van der Waals surface area contributed by atoms with E-state index in [4.69, 9.17) is 0 Å². The number of amides is 1. The van der Waals surface area contributed by atoms with Gasteiger partial charge in [0.25, 0.3) is 5.91 Å². The van der Waals surface area contributed by atoms with Crippen LogP contribution in [0.25, 0.3) is 0 Å². The van der Waals surface area contributed by atoms with Gasteiger partial charge in [-0.05, 0) is 31.2 Å². The van der Waals surface area contributed by atoms with E-state index < -0.39 is 29.0 Å². The Hall–Kier alpha value is -2.44.